The normalized spacial score (nSPS) is 26.8. The highest BCUT2D eigenvalue weighted by molar-refractivity contribution is 8.26. The molecule has 162 valence electrons. The Balaban J connectivity index is 0. The second-order valence-corrected chi connectivity index (χ2v) is 8.79. The van der Waals surface area contributed by atoms with Gasteiger partial charge in [-0.15, -0.1) is 0 Å². The number of carboxylic acids is 1. The number of hydrogen-bond donors (Lipinski definition) is 4. The number of rotatable bonds is 2. The lowest BCUT2D eigenvalue weighted by Crippen LogP contribution is -2.30. The van der Waals surface area contributed by atoms with Crippen molar-refractivity contribution in [2.75, 3.05) is 14.2 Å². The van der Waals surface area contributed by atoms with E-state index in [1.807, 2.05) is 0 Å². The molecule has 0 saturated heterocycles. The number of halogens is 2. The molecule has 2 saturated carbocycles. The number of methoxy groups -OCH3 is 1. The van der Waals surface area contributed by atoms with Crippen molar-refractivity contribution >= 4 is 42.5 Å². The summed E-state index contributed by atoms with van der Waals surface area (Å²) in [6.45, 7) is 0. The molecule has 8 nitrogen and oxygen atoms in total. The van der Waals surface area contributed by atoms with Gasteiger partial charge in [0.1, 0.15) is 0 Å². The Kier molecular flexibility index (Phi) is 18.8. The molecule has 0 radical (unpaired) electrons. The van der Waals surface area contributed by atoms with E-state index in [1.54, 1.807) is 0 Å². The Morgan fingerprint density at radius 1 is 0.889 bits per heavy atom. The predicted octanol–water partition coefficient (Wildman–Crippen LogP) is 1.92. The van der Waals surface area contributed by atoms with Crippen LogP contribution in [0.2, 0.25) is 0 Å². The third-order valence-corrected chi connectivity index (χ3v) is 4.43. The van der Waals surface area contributed by atoms with Crippen LogP contribution in [0.5, 0.6) is 0 Å². The summed E-state index contributed by atoms with van der Waals surface area (Å²) in [5.74, 6) is -0.747. The minimum atomic E-state index is -1.67. The minimum absolute atomic E-state index is 0.0723. The largest absolute Gasteiger partial charge is 0.481 e. The maximum atomic E-state index is 11.0. The molecule has 2 fully saturated rings. The van der Waals surface area contributed by atoms with E-state index >= 15 is 0 Å². The van der Waals surface area contributed by atoms with E-state index in [1.165, 1.54) is 7.11 Å². The zero-order valence-electron chi connectivity index (χ0n) is 15.8. The number of carbonyl (C=O) groups is 2. The van der Waals surface area contributed by atoms with Gasteiger partial charge in [-0.1, -0.05) is 0 Å². The first-order chi connectivity index (χ1) is 12.7. The quantitative estimate of drug-likeness (QED) is 0.367. The van der Waals surface area contributed by atoms with Gasteiger partial charge in [-0.3, -0.25) is 9.59 Å². The molecular formula is C16H32Cl2N2O6S. The summed E-state index contributed by atoms with van der Waals surface area (Å²) in [6.07, 6.45) is 6.97. The summed E-state index contributed by atoms with van der Waals surface area (Å²) >= 11 is 0. The Labute approximate surface area is 172 Å². The Hall–Kier alpha value is -0.450. The van der Waals surface area contributed by atoms with Crippen LogP contribution < -0.4 is 11.5 Å². The van der Waals surface area contributed by atoms with E-state index in [4.69, 9.17) is 25.9 Å². The zero-order valence-corrected chi connectivity index (χ0v) is 18.1. The van der Waals surface area contributed by atoms with Crippen LogP contribution in [0.25, 0.3) is 0 Å². The van der Waals surface area contributed by atoms with Crippen LogP contribution in [-0.4, -0.2) is 52.7 Å². The van der Waals surface area contributed by atoms with Gasteiger partial charge in [0.05, 0.1) is 18.9 Å². The molecule has 27 heavy (non-hydrogen) atoms. The summed E-state index contributed by atoms with van der Waals surface area (Å²) in [7, 11) is 9.80. The molecule has 0 aromatic rings. The van der Waals surface area contributed by atoms with Crippen molar-refractivity contribution in [3.63, 3.8) is 0 Å². The van der Waals surface area contributed by atoms with Gasteiger partial charge in [-0.05, 0) is 51.4 Å². The summed E-state index contributed by atoms with van der Waals surface area (Å²) in [5, 5.41) is 15.6. The van der Waals surface area contributed by atoms with E-state index in [0.717, 1.165) is 58.5 Å². The highest BCUT2D eigenvalue weighted by Gasteiger charge is 2.25. The van der Waals surface area contributed by atoms with E-state index in [-0.39, 0.29) is 23.8 Å². The molecule has 0 aromatic carbocycles. The van der Waals surface area contributed by atoms with Gasteiger partial charge in [0.2, 0.25) is 9.23 Å². The monoisotopic (exact) mass is 450 g/mol. The van der Waals surface area contributed by atoms with E-state index in [2.05, 4.69) is 26.1 Å². The fraction of sp³-hybridized carbons (Fsp3) is 0.875. The van der Waals surface area contributed by atoms with Crippen molar-refractivity contribution in [1.82, 2.24) is 0 Å². The van der Waals surface area contributed by atoms with Crippen LogP contribution in [0.3, 0.4) is 0 Å². The zero-order chi connectivity index (χ0) is 21.4. The van der Waals surface area contributed by atoms with Crippen LogP contribution in [0, 0.1) is 11.8 Å². The Morgan fingerprint density at radius 2 is 1.19 bits per heavy atom. The van der Waals surface area contributed by atoms with Crippen molar-refractivity contribution in [1.29, 1.82) is 0 Å². The average molecular weight is 451 g/mol. The lowest BCUT2D eigenvalue weighted by Gasteiger charge is -2.23. The van der Waals surface area contributed by atoms with E-state index < -0.39 is 15.2 Å². The second kappa shape index (κ2) is 17.6. The van der Waals surface area contributed by atoms with E-state index in [0.29, 0.717) is 6.04 Å². The van der Waals surface area contributed by atoms with Crippen molar-refractivity contribution in [2.45, 2.75) is 63.5 Å². The van der Waals surface area contributed by atoms with Gasteiger partial charge in [-0.2, -0.15) is 0 Å². The molecule has 0 amide bonds. The molecule has 0 bridgehead atoms. The number of aliphatic carboxylic acids is 1. The van der Waals surface area contributed by atoms with Crippen LogP contribution in [0.1, 0.15) is 51.4 Å². The Bertz CT molecular complexity index is 425. The van der Waals surface area contributed by atoms with Gasteiger partial charge in [-0.25, -0.2) is 4.21 Å². The number of carboxylic acid groups (broad SMARTS) is 1. The van der Waals surface area contributed by atoms with Crippen LogP contribution in [-0.2, 0) is 23.6 Å². The SMILES string of the molecule is CO.COC(=O)C1CCC(N)CC1.NC1CCC(C(=O)O)CC1.O=S(Cl)Cl. The van der Waals surface area contributed by atoms with Gasteiger partial charge in [0.15, 0.2) is 0 Å². The smallest absolute Gasteiger partial charge is 0.308 e. The lowest BCUT2D eigenvalue weighted by atomic mass is 9.87. The van der Waals surface area contributed by atoms with Crippen LogP contribution in [0.15, 0.2) is 0 Å². The fourth-order valence-corrected chi connectivity index (χ4v) is 2.89. The molecule has 0 spiro atoms. The van der Waals surface area contributed by atoms with Crippen molar-refractivity contribution in [3.8, 4) is 0 Å². The number of aliphatic hydroxyl groups is 1. The maximum Gasteiger partial charge on any atom is 0.308 e. The van der Waals surface area contributed by atoms with Crippen molar-refractivity contribution < 1.29 is 28.7 Å². The van der Waals surface area contributed by atoms with Gasteiger partial charge >= 0.3 is 11.9 Å². The average Bonchev–Trinajstić information content (AvgIpc) is 2.64. The van der Waals surface area contributed by atoms with Crippen LogP contribution in [0.4, 0.5) is 0 Å². The maximum absolute atomic E-state index is 11.0. The highest BCUT2D eigenvalue weighted by atomic mass is 36.0. The summed E-state index contributed by atoms with van der Waals surface area (Å²) in [6, 6.07) is 0.548. The van der Waals surface area contributed by atoms with Crippen LogP contribution >= 0.6 is 21.4 Å². The number of ether oxygens (including phenoxy) is 1. The molecule has 2 rings (SSSR count). The molecule has 0 heterocycles. The summed E-state index contributed by atoms with van der Waals surface area (Å²) < 4.78 is 13.7. The first kappa shape index (κ1) is 28.8. The number of aliphatic hydroxyl groups excluding tert-OH is 1. The fourth-order valence-electron chi connectivity index (χ4n) is 2.89. The summed E-state index contributed by atoms with van der Waals surface area (Å²) in [4.78, 5) is 21.4. The number of hydrogen-bond acceptors (Lipinski definition) is 7. The third kappa shape index (κ3) is 16.2. The Morgan fingerprint density at radius 3 is 1.44 bits per heavy atom. The summed E-state index contributed by atoms with van der Waals surface area (Å²) in [5.41, 5.74) is 11.3. The topological polar surface area (TPSA) is 153 Å². The van der Waals surface area contributed by atoms with Crippen molar-refractivity contribution in [3.05, 3.63) is 0 Å². The van der Waals surface area contributed by atoms with Gasteiger partial charge in [0, 0.05) is 40.6 Å². The van der Waals surface area contributed by atoms with Gasteiger partial charge < -0.3 is 26.4 Å². The highest BCUT2D eigenvalue weighted by Crippen LogP contribution is 2.24. The number of esters is 1. The molecule has 0 unspecified atom stereocenters. The number of carbonyl (C=O) groups excluding carboxylic acids is 1. The van der Waals surface area contributed by atoms with E-state index in [9.17, 15) is 9.59 Å². The molecule has 0 aliphatic heterocycles. The number of nitrogens with two attached hydrogens (primary N) is 2. The second-order valence-electron chi connectivity index (χ2n) is 6.27. The predicted molar refractivity (Wildman–Crippen MR) is 108 cm³/mol. The molecule has 0 atom stereocenters. The molecule has 11 heteroatoms. The molecule has 2 aliphatic rings. The molecule has 0 aromatic heterocycles. The standard InChI is InChI=1S/C8H15NO2.C7H13NO2.CH4O.Cl2OS/c1-11-8(10)6-2-4-7(9)5-3-6;8-6-3-1-5(2-4-6)7(9)10;1-2;1-4(2)3/h6-7H,2-5,9H2,1H3;5-6H,1-4,8H2,(H,9,10);2H,1H3;. The first-order valence-electron chi connectivity index (χ1n) is 8.68. The molecular weight excluding hydrogens is 419 g/mol. The first-order valence-corrected chi connectivity index (χ1v) is 11.5. The molecule has 2 aliphatic carbocycles. The minimum Gasteiger partial charge on any atom is -0.481 e. The van der Waals surface area contributed by atoms with Gasteiger partial charge in [0.25, 0.3) is 0 Å². The van der Waals surface area contributed by atoms with Crippen molar-refractivity contribution in [2.24, 2.45) is 23.3 Å². The molecule has 6 N–H and O–H groups in total. The lowest BCUT2D eigenvalue weighted by molar-refractivity contribution is -0.146. The third-order valence-electron chi connectivity index (χ3n) is 4.43.